The first-order valence-electron chi connectivity index (χ1n) is 10.0. The molecule has 0 N–H and O–H groups in total. The molecule has 1 aromatic heterocycles. The number of fused-ring (bicyclic) bond motifs is 2. The second-order valence-corrected chi connectivity index (χ2v) is 7.35. The van der Waals surface area contributed by atoms with E-state index in [1.54, 1.807) is 16.7 Å². The lowest BCUT2D eigenvalue weighted by molar-refractivity contribution is -0.119. The largest absolute Gasteiger partial charge is 0.490 e. The number of aryl methyl sites for hydroxylation is 1. The van der Waals surface area contributed by atoms with Gasteiger partial charge in [0.15, 0.2) is 0 Å². The highest BCUT2D eigenvalue weighted by molar-refractivity contribution is 5.95. The summed E-state index contributed by atoms with van der Waals surface area (Å²) >= 11 is 0. The second kappa shape index (κ2) is 8.17. The second-order valence-electron chi connectivity index (χ2n) is 7.35. The number of hydrogen-bond donors (Lipinski definition) is 0. The van der Waals surface area contributed by atoms with Crippen molar-refractivity contribution in [2.75, 3.05) is 31.2 Å². The van der Waals surface area contributed by atoms with Gasteiger partial charge < -0.3 is 19.3 Å². The number of benzene rings is 1. The summed E-state index contributed by atoms with van der Waals surface area (Å²) < 4.78 is 11.9. The van der Waals surface area contributed by atoms with E-state index in [4.69, 9.17) is 9.47 Å². The Morgan fingerprint density at radius 2 is 2.07 bits per heavy atom. The Labute approximate surface area is 173 Å². The predicted molar refractivity (Wildman–Crippen MR) is 109 cm³/mol. The molecule has 30 heavy (non-hydrogen) atoms. The van der Waals surface area contributed by atoms with Gasteiger partial charge in [-0.1, -0.05) is 6.07 Å². The molecular weight excluding hydrogens is 388 g/mol. The number of rotatable bonds is 3. The van der Waals surface area contributed by atoms with Crippen LogP contribution in [0.25, 0.3) is 0 Å². The van der Waals surface area contributed by atoms with Crippen LogP contribution >= 0.6 is 0 Å². The van der Waals surface area contributed by atoms with Gasteiger partial charge in [0.2, 0.25) is 5.91 Å². The van der Waals surface area contributed by atoms with E-state index in [0.29, 0.717) is 49.7 Å². The van der Waals surface area contributed by atoms with E-state index in [0.717, 1.165) is 11.3 Å². The average Bonchev–Trinajstić information content (AvgIpc) is 2.73. The van der Waals surface area contributed by atoms with Crippen molar-refractivity contribution in [1.29, 1.82) is 0 Å². The van der Waals surface area contributed by atoms with Crippen LogP contribution in [-0.2, 0) is 29.0 Å². The third kappa shape index (κ3) is 3.87. The molecule has 0 unspecified atom stereocenters. The predicted octanol–water partition coefficient (Wildman–Crippen LogP) is 1.49. The van der Waals surface area contributed by atoms with Crippen molar-refractivity contribution in [2.24, 2.45) is 0 Å². The summed E-state index contributed by atoms with van der Waals surface area (Å²) in [6.07, 6.45) is 0.103. The zero-order chi connectivity index (χ0) is 21.3. The zero-order valence-electron chi connectivity index (χ0n) is 17.1. The zero-order valence-corrected chi connectivity index (χ0v) is 17.1. The van der Waals surface area contributed by atoms with Gasteiger partial charge in [0.05, 0.1) is 31.1 Å². The summed E-state index contributed by atoms with van der Waals surface area (Å²) in [7, 11) is 0. The molecule has 2 amide bonds. The number of aromatic nitrogens is 2. The van der Waals surface area contributed by atoms with Gasteiger partial charge in [-0.25, -0.2) is 9.48 Å². The normalized spacial score (nSPS) is 15.1. The molecule has 0 radical (unpaired) electrons. The Kier molecular flexibility index (Phi) is 5.43. The van der Waals surface area contributed by atoms with Crippen LogP contribution in [-0.4, -0.2) is 53.0 Å². The lowest BCUT2D eigenvalue weighted by Gasteiger charge is -2.30. The standard InChI is InChI=1S/C21H24N4O5/c1-3-29-21(28)23-7-6-16-15(12-23)11-19(26)25(22-16)13-20(27)24-8-9-30-18-5-4-14(2)10-17(18)24/h4-5,10-11H,3,6-9,12-13H2,1-2H3. The Bertz CT molecular complexity index is 1050. The monoisotopic (exact) mass is 412 g/mol. The van der Waals surface area contributed by atoms with Gasteiger partial charge in [-0.05, 0) is 31.5 Å². The fraction of sp³-hybridized carbons (Fsp3) is 0.429. The van der Waals surface area contributed by atoms with Crippen LogP contribution in [0.15, 0.2) is 29.1 Å². The number of anilines is 1. The summed E-state index contributed by atoms with van der Waals surface area (Å²) in [5.74, 6) is 0.439. The quantitative estimate of drug-likeness (QED) is 0.758. The molecule has 2 aliphatic heterocycles. The summed E-state index contributed by atoms with van der Waals surface area (Å²) in [4.78, 5) is 40.7. The molecule has 0 fully saturated rings. The Morgan fingerprint density at radius 3 is 2.87 bits per heavy atom. The van der Waals surface area contributed by atoms with E-state index in [1.165, 1.54) is 10.7 Å². The molecule has 3 heterocycles. The van der Waals surface area contributed by atoms with E-state index in [1.807, 2.05) is 25.1 Å². The van der Waals surface area contributed by atoms with Crippen LogP contribution in [0, 0.1) is 6.92 Å². The van der Waals surface area contributed by atoms with E-state index in [-0.39, 0.29) is 24.6 Å². The van der Waals surface area contributed by atoms with E-state index in [9.17, 15) is 14.4 Å². The molecule has 0 bridgehead atoms. The minimum atomic E-state index is -0.399. The summed E-state index contributed by atoms with van der Waals surface area (Å²) in [5.41, 5.74) is 2.77. The van der Waals surface area contributed by atoms with Crippen molar-refractivity contribution in [1.82, 2.24) is 14.7 Å². The minimum Gasteiger partial charge on any atom is -0.490 e. The van der Waals surface area contributed by atoms with Crippen molar-refractivity contribution in [3.05, 3.63) is 51.4 Å². The van der Waals surface area contributed by atoms with Crippen LogP contribution in [0.4, 0.5) is 10.5 Å². The molecule has 0 saturated heterocycles. The maximum Gasteiger partial charge on any atom is 0.410 e. The van der Waals surface area contributed by atoms with E-state index in [2.05, 4.69) is 5.10 Å². The van der Waals surface area contributed by atoms with Crippen LogP contribution in [0.2, 0.25) is 0 Å². The molecule has 2 aromatic rings. The molecule has 0 atom stereocenters. The molecule has 1 aromatic carbocycles. The summed E-state index contributed by atoms with van der Waals surface area (Å²) in [6, 6.07) is 7.14. The molecule has 9 nitrogen and oxygen atoms in total. The van der Waals surface area contributed by atoms with E-state index >= 15 is 0 Å². The minimum absolute atomic E-state index is 0.152. The maximum atomic E-state index is 13.0. The number of nitrogens with zero attached hydrogens (tertiary/aromatic N) is 4. The fourth-order valence-corrected chi connectivity index (χ4v) is 3.72. The number of carbonyl (C=O) groups is 2. The highest BCUT2D eigenvalue weighted by atomic mass is 16.6. The fourth-order valence-electron chi connectivity index (χ4n) is 3.72. The van der Waals surface area contributed by atoms with Gasteiger partial charge in [-0.3, -0.25) is 9.59 Å². The number of ether oxygens (including phenoxy) is 2. The smallest absolute Gasteiger partial charge is 0.410 e. The highest BCUT2D eigenvalue weighted by Crippen LogP contribution is 2.32. The molecule has 158 valence electrons. The molecular formula is C21H24N4O5. The molecule has 4 rings (SSSR count). The lowest BCUT2D eigenvalue weighted by atomic mass is 10.1. The molecule has 2 aliphatic rings. The van der Waals surface area contributed by atoms with Crippen molar-refractivity contribution >= 4 is 17.7 Å². The Hall–Kier alpha value is -3.36. The molecule has 0 saturated carbocycles. The van der Waals surface area contributed by atoms with Crippen LogP contribution in [0.5, 0.6) is 5.75 Å². The van der Waals surface area contributed by atoms with Crippen molar-refractivity contribution in [2.45, 2.75) is 33.4 Å². The average molecular weight is 412 g/mol. The topological polar surface area (TPSA) is 94.0 Å². The SMILES string of the molecule is CCOC(=O)N1CCc2nn(CC(=O)N3CCOc4ccc(C)cc43)c(=O)cc2C1. The van der Waals surface area contributed by atoms with Gasteiger partial charge >= 0.3 is 6.09 Å². The van der Waals surface area contributed by atoms with Gasteiger partial charge in [0.1, 0.15) is 18.9 Å². The Balaban J connectivity index is 1.53. The van der Waals surface area contributed by atoms with Crippen molar-refractivity contribution in [3.63, 3.8) is 0 Å². The molecule has 9 heteroatoms. The molecule has 0 aliphatic carbocycles. The van der Waals surface area contributed by atoms with Gasteiger partial charge in [0.25, 0.3) is 5.56 Å². The third-order valence-corrected chi connectivity index (χ3v) is 5.23. The van der Waals surface area contributed by atoms with Gasteiger partial charge in [0, 0.05) is 24.6 Å². The van der Waals surface area contributed by atoms with Crippen LogP contribution < -0.4 is 15.2 Å². The van der Waals surface area contributed by atoms with Crippen molar-refractivity contribution in [3.8, 4) is 5.75 Å². The van der Waals surface area contributed by atoms with Crippen molar-refractivity contribution < 1.29 is 19.1 Å². The van der Waals surface area contributed by atoms with Gasteiger partial charge in [-0.2, -0.15) is 5.10 Å². The summed E-state index contributed by atoms with van der Waals surface area (Å²) in [6.45, 7) is 5.41. The highest BCUT2D eigenvalue weighted by Gasteiger charge is 2.27. The van der Waals surface area contributed by atoms with Gasteiger partial charge in [-0.15, -0.1) is 0 Å². The number of carbonyl (C=O) groups excluding carboxylic acids is 2. The first kappa shape index (κ1) is 19.9. The number of hydrogen-bond acceptors (Lipinski definition) is 6. The number of amides is 2. The Morgan fingerprint density at radius 1 is 1.23 bits per heavy atom. The van der Waals surface area contributed by atoms with Crippen LogP contribution in [0.1, 0.15) is 23.7 Å². The van der Waals surface area contributed by atoms with Crippen LogP contribution in [0.3, 0.4) is 0 Å². The maximum absolute atomic E-state index is 13.0. The summed E-state index contributed by atoms with van der Waals surface area (Å²) in [5, 5.41) is 4.41. The molecule has 0 spiro atoms. The first-order chi connectivity index (χ1) is 14.5. The third-order valence-electron chi connectivity index (χ3n) is 5.23. The first-order valence-corrected chi connectivity index (χ1v) is 10.0. The lowest BCUT2D eigenvalue weighted by Crippen LogP contribution is -2.43. The van der Waals surface area contributed by atoms with E-state index < -0.39 is 6.09 Å².